The van der Waals surface area contributed by atoms with E-state index in [0.29, 0.717) is 16.3 Å². The second-order valence-corrected chi connectivity index (χ2v) is 13.0. The van der Waals surface area contributed by atoms with Gasteiger partial charge >= 0.3 is 11.9 Å². The average molecular weight is 657 g/mol. The number of nitrogens with zero attached hydrogens (tertiary/aromatic N) is 2. The molecule has 4 aromatic carbocycles. The lowest BCUT2D eigenvalue weighted by Crippen LogP contribution is -2.43. The van der Waals surface area contributed by atoms with Crippen molar-refractivity contribution in [2.45, 2.75) is 18.8 Å². The summed E-state index contributed by atoms with van der Waals surface area (Å²) in [5.41, 5.74) is 2.00. The van der Waals surface area contributed by atoms with Crippen molar-refractivity contribution >= 4 is 57.7 Å². The number of aromatic hydroxyl groups is 1. The maximum absolute atomic E-state index is 14.4. The fourth-order valence-corrected chi connectivity index (χ4v) is 8.53. The van der Waals surface area contributed by atoms with Crippen molar-refractivity contribution in [2.75, 3.05) is 9.80 Å². The molecule has 3 fully saturated rings. The lowest BCUT2D eigenvalue weighted by Gasteiger charge is -2.44. The number of carboxylic acid groups (broad SMARTS) is 2. The Morgan fingerprint density at radius 1 is 0.592 bits per heavy atom. The highest BCUT2D eigenvalue weighted by atomic mass is 16.4. The molecule has 49 heavy (non-hydrogen) atoms. The van der Waals surface area contributed by atoms with E-state index in [1.54, 1.807) is 24.3 Å². The number of phenolic OH excluding ortho intramolecular Hbond substituents is 1. The summed E-state index contributed by atoms with van der Waals surface area (Å²) in [6.07, 6.45) is 2.30. The number of amides is 4. The molecule has 2 heterocycles. The van der Waals surface area contributed by atoms with E-state index in [0.717, 1.165) is 15.4 Å². The summed E-state index contributed by atoms with van der Waals surface area (Å²) in [7, 11) is 0. The van der Waals surface area contributed by atoms with Gasteiger partial charge in [-0.05, 0) is 84.3 Å². The van der Waals surface area contributed by atoms with Crippen molar-refractivity contribution < 1.29 is 44.1 Å². The summed E-state index contributed by atoms with van der Waals surface area (Å²) < 4.78 is 0. The smallest absolute Gasteiger partial charge is 0.335 e. The number of allylic oxidation sites excluding steroid dienone is 2. The molecule has 2 aliphatic heterocycles. The van der Waals surface area contributed by atoms with Crippen molar-refractivity contribution in [3.8, 4) is 5.75 Å². The van der Waals surface area contributed by atoms with Crippen molar-refractivity contribution in [3.05, 3.63) is 113 Å². The van der Waals surface area contributed by atoms with Crippen LogP contribution in [-0.2, 0) is 19.2 Å². The summed E-state index contributed by atoms with van der Waals surface area (Å²) in [6.45, 7) is 0. The first-order chi connectivity index (χ1) is 23.6. The SMILES string of the molecule is O=C(O)c1ccc(N2C(=O)[C@H]3[C@H](CC=C4[C@H]3C[C@H]3C(=O)N(c5ccc(C(=O)O)cc5)C(=O)[C@H]3[C@H]4c3ccc(O)c4ccccc34)C2=O)cc1. The number of benzene rings is 4. The first-order valence-electron chi connectivity index (χ1n) is 15.9. The molecule has 2 aliphatic carbocycles. The number of rotatable bonds is 5. The van der Waals surface area contributed by atoms with E-state index in [9.17, 15) is 44.1 Å². The van der Waals surface area contributed by atoms with E-state index < -0.39 is 71.1 Å². The van der Waals surface area contributed by atoms with E-state index in [1.807, 2.05) is 18.2 Å². The van der Waals surface area contributed by atoms with Crippen molar-refractivity contribution in [1.29, 1.82) is 0 Å². The van der Waals surface area contributed by atoms with Gasteiger partial charge in [-0.3, -0.25) is 29.0 Å². The van der Waals surface area contributed by atoms with Gasteiger partial charge in [0.2, 0.25) is 23.6 Å². The van der Waals surface area contributed by atoms with Gasteiger partial charge in [-0.25, -0.2) is 9.59 Å². The highest BCUT2D eigenvalue weighted by molar-refractivity contribution is 6.24. The van der Waals surface area contributed by atoms with Crippen molar-refractivity contribution in [2.24, 2.45) is 29.6 Å². The molecule has 0 radical (unpaired) electrons. The van der Waals surface area contributed by atoms with Gasteiger partial charge in [-0.1, -0.05) is 42.0 Å². The van der Waals surface area contributed by atoms with Gasteiger partial charge < -0.3 is 15.3 Å². The zero-order chi connectivity index (χ0) is 34.3. The Morgan fingerprint density at radius 3 is 1.69 bits per heavy atom. The summed E-state index contributed by atoms with van der Waals surface area (Å²) in [6, 6.07) is 21.6. The molecule has 8 rings (SSSR count). The third-order valence-corrected chi connectivity index (χ3v) is 10.7. The normalized spacial score (nSPS) is 26.0. The highest BCUT2D eigenvalue weighted by Gasteiger charge is 2.62. The molecule has 244 valence electrons. The number of hydrogen-bond acceptors (Lipinski definition) is 7. The Morgan fingerprint density at radius 2 is 1.12 bits per heavy atom. The fourth-order valence-electron chi connectivity index (χ4n) is 8.53. The van der Waals surface area contributed by atoms with Crippen LogP contribution in [0.5, 0.6) is 5.75 Å². The standard InChI is InChI=1S/C38H28N2O9/c41-29-16-15-24(22-3-1-2-4-23(22)29)30-25-13-14-26-31(35(44)39(33(26)42)20-9-5-18(6-10-20)37(46)47)27(25)17-28-32(30)36(45)40(34(28)43)21-11-7-19(8-12-21)38(48)49/h1-13,15-16,26-28,30-32,41H,14,17H2,(H,46,47)(H,48,49)/t26-,27+,28+,30-,31-,32+/m0/s1. The van der Waals surface area contributed by atoms with Crippen LogP contribution in [0.1, 0.15) is 45.0 Å². The molecule has 3 N–H and O–H groups in total. The summed E-state index contributed by atoms with van der Waals surface area (Å²) in [5, 5.41) is 30.7. The Bertz CT molecular complexity index is 2170. The first kappa shape index (κ1) is 30.2. The Hall–Kier alpha value is -6.10. The Kier molecular flexibility index (Phi) is 6.78. The molecule has 0 aromatic heterocycles. The molecule has 2 saturated heterocycles. The van der Waals surface area contributed by atoms with E-state index in [1.165, 1.54) is 48.5 Å². The van der Waals surface area contributed by atoms with Crippen LogP contribution >= 0.6 is 0 Å². The van der Waals surface area contributed by atoms with Gasteiger partial charge in [0.1, 0.15) is 5.75 Å². The van der Waals surface area contributed by atoms with E-state index in [2.05, 4.69) is 0 Å². The molecule has 1 saturated carbocycles. The predicted molar refractivity (Wildman–Crippen MR) is 175 cm³/mol. The second-order valence-electron chi connectivity index (χ2n) is 13.0. The van der Waals surface area contributed by atoms with Crippen LogP contribution in [0, 0.1) is 29.6 Å². The van der Waals surface area contributed by atoms with Gasteiger partial charge in [0.15, 0.2) is 0 Å². The number of hydrogen-bond donors (Lipinski definition) is 3. The lowest BCUT2D eigenvalue weighted by atomic mass is 9.57. The van der Waals surface area contributed by atoms with Crippen LogP contribution in [0.15, 0.2) is 96.6 Å². The van der Waals surface area contributed by atoms with Crippen LogP contribution in [0.4, 0.5) is 11.4 Å². The highest BCUT2D eigenvalue weighted by Crippen LogP contribution is 2.59. The number of fused-ring (bicyclic) bond motifs is 5. The van der Waals surface area contributed by atoms with E-state index in [-0.39, 0.29) is 41.1 Å². The minimum Gasteiger partial charge on any atom is -0.507 e. The van der Waals surface area contributed by atoms with Gasteiger partial charge in [0.25, 0.3) is 0 Å². The lowest BCUT2D eigenvalue weighted by molar-refractivity contribution is -0.126. The van der Waals surface area contributed by atoms with E-state index >= 15 is 0 Å². The average Bonchev–Trinajstić information content (AvgIpc) is 3.51. The van der Waals surface area contributed by atoms with Crippen LogP contribution in [0.3, 0.4) is 0 Å². The molecule has 4 amide bonds. The molecule has 0 unspecified atom stereocenters. The molecular formula is C38H28N2O9. The monoisotopic (exact) mass is 656 g/mol. The van der Waals surface area contributed by atoms with Crippen LogP contribution in [0.25, 0.3) is 10.8 Å². The molecular weight excluding hydrogens is 628 g/mol. The third kappa shape index (κ3) is 4.42. The summed E-state index contributed by atoms with van der Waals surface area (Å²) in [5.74, 6) is -8.46. The topological polar surface area (TPSA) is 170 Å². The van der Waals surface area contributed by atoms with Crippen molar-refractivity contribution in [1.82, 2.24) is 0 Å². The first-order valence-corrected chi connectivity index (χ1v) is 15.9. The molecule has 6 atom stereocenters. The molecule has 0 bridgehead atoms. The summed E-state index contributed by atoms with van der Waals surface area (Å²) in [4.78, 5) is 81.9. The number of carbonyl (C=O) groups excluding carboxylic acids is 4. The van der Waals surface area contributed by atoms with Gasteiger partial charge in [-0.15, -0.1) is 0 Å². The number of aromatic carboxylic acids is 2. The van der Waals surface area contributed by atoms with Gasteiger partial charge in [-0.2, -0.15) is 0 Å². The number of carbonyl (C=O) groups is 6. The third-order valence-electron chi connectivity index (χ3n) is 10.7. The summed E-state index contributed by atoms with van der Waals surface area (Å²) >= 11 is 0. The zero-order valence-corrected chi connectivity index (χ0v) is 25.7. The van der Waals surface area contributed by atoms with Gasteiger partial charge in [0.05, 0.1) is 46.2 Å². The van der Waals surface area contributed by atoms with Crippen LogP contribution in [-0.4, -0.2) is 50.9 Å². The molecule has 4 aromatic rings. The Balaban J connectivity index is 1.25. The zero-order valence-electron chi connectivity index (χ0n) is 25.7. The maximum atomic E-state index is 14.4. The maximum Gasteiger partial charge on any atom is 0.335 e. The van der Waals surface area contributed by atoms with Crippen LogP contribution in [0.2, 0.25) is 0 Å². The Labute approximate surface area is 278 Å². The quantitative estimate of drug-likeness (QED) is 0.198. The number of carboxylic acids is 2. The number of imide groups is 2. The predicted octanol–water partition coefficient (Wildman–Crippen LogP) is 4.99. The fraction of sp³-hybridized carbons (Fsp3) is 0.211. The van der Waals surface area contributed by atoms with Crippen molar-refractivity contribution in [3.63, 3.8) is 0 Å². The van der Waals surface area contributed by atoms with Crippen LogP contribution < -0.4 is 9.80 Å². The second kappa shape index (κ2) is 11.0. The molecule has 0 spiro atoms. The largest absolute Gasteiger partial charge is 0.507 e. The molecule has 11 heteroatoms. The minimum absolute atomic E-state index is 0.00230. The number of anilines is 2. The number of phenols is 1. The molecule has 11 nitrogen and oxygen atoms in total. The van der Waals surface area contributed by atoms with Gasteiger partial charge in [0, 0.05) is 11.3 Å². The molecule has 4 aliphatic rings. The minimum atomic E-state index is -1.15. The van der Waals surface area contributed by atoms with E-state index in [4.69, 9.17) is 0 Å².